The van der Waals surface area contributed by atoms with Gasteiger partial charge >= 0.3 is 0 Å². The van der Waals surface area contributed by atoms with Crippen molar-refractivity contribution in [1.29, 1.82) is 0 Å². The number of nitrogens with zero attached hydrogens (tertiary/aromatic N) is 1. The van der Waals surface area contributed by atoms with Crippen LogP contribution in [0.1, 0.15) is 75.2 Å². The molecule has 1 heterocycles. The monoisotopic (exact) mass is 350 g/mol. The summed E-state index contributed by atoms with van der Waals surface area (Å²) in [4.78, 5) is 13.2. The minimum atomic E-state index is 0.0787. The smallest absolute Gasteiger partial charge is 0.236 e. The Balaban J connectivity index is -0.0000000719. The lowest BCUT2D eigenvalue weighted by molar-refractivity contribution is -0.122. The number of nitrogens with two attached hydrogens (primary N) is 1. The molecule has 0 spiro atoms. The quantitative estimate of drug-likeness (QED) is 0.726. The van der Waals surface area contributed by atoms with Crippen LogP contribution in [0.2, 0.25) is 0 Å². The second-order valence-electron chi connectivity index (χ2n) is 3.88. The maximum atomic E-state index is 10.8. The Morgan fingerprint density at radius 1 is 1.00 bits per heavy atom. The van der Waals surface area contributed by atoms with Crippen LogP contribution in [0.5, 0.6) is 0 Å². The van der Waals surface area contributed by atoms with Crippen molar-refractivity contribution in [2.75, 3.05) is 40.3 Å². The van der Waals surface area contributed by atoms with Crippen molar-refractivity contribution in [3.8, 4) is 0 Å². The zero-order chi connectivity index (χ0) is 20.4. The highest BCUT2D eigenvalue weighted by Gasteiger charge is 2.19. The van der Waals surface area contributed by atoms with Gasteiger partial charge in [-0.25, -0.2) is 0 Å². The summed E-state index contributed by atoms with van der Waals surface area (Å²) in [5.74, 6) is 0.118. The van der Waals surface area contributed by atoms with Crippen molar-refractivity contribution in [2.24, 2.45) is 5.73 Å². The number of likely N-dealkylation sites (N-methyl/N-ethyl adjacent to an activating group) is 1. The zero-order valence-corrected chi connectivity index (χ0v) is 18.8. The van der Waals surface area contributed by atoms with Crippen LogP contribution in [0.3, 0.4) is 0 Å². The van der Waals surface area contributed by atoms with Gasteiger partial charge in [0.2, 0.25) is 5.91 Å². The summed E-state index contributed by atoms with van der Waals surface area (Å²) >= 11 is 0. The third kappa shape index (κ3) is 26.3. The maximum absolute atomic E-state index is 10.8. The molecule has 24 heavy (non-hydrogen) atoms. The second-order valence-corrected chi connectivity index (χ2v) is 3.88. The largest absolute Gasteiger partial charge is 0.358 e. The van der Waals surface area contributed by atoms with Crippen molar-refractivity contribution in [2.45, 2.75) is 81.2 Å². The Morgan fingerprint density at radius 2 is 1.38 bits per heavy atom. The molecule has 0 aliphatic carbocycles. The number of carbonyl (C=O) groups is 1. The summed E-state index contributed by atoms with van der Waals surface area (Å²) in [7, 11) is 3.17. The molecule has 0 aromatic heterocycles. The average Bonchev–Trinajstić information content (AvgIpc) is 3.24. The molecule has 5 heteroatoms. The second kappa shape index (κ2) is 38.1. The summed E-state index contributed by atoms with van der Waals surface area (Å²) in [6.07, 6.45) is 2.11. The van der Waals surface area contributed by atoms with E-state index in [0.717, 1.165) is 19.4 Å². The van der Waals surface area contributed by atoms with E-state index in [9.17, 15) is 4.79 Å². The first-order valence-corrected chi connectivity index (χ1v) is 9.94. The van der Waals surface area contributed by atoms with E-state index in [-0.39, 0.29) is 11.9 Å². The first kappa shape index (κ1) is 34.6. The number of carbonyl (C=O) groups excluding carboxylic acids is 1. The highest BCUT2D eigenvalue weighted by Crippen LogP contribution is 2.03. The predicted molar refractivity (Wildman–Crippen MR) is 113 cm³/mol. The van der Waals surface area contributed by atoms with E-state index >= 15 is 0 Å². The topological polar surface area (TPSA) is 70.4 Å². The fourth-order valence-electron chi connectivity index (χ4n) is 1.75. The normalized spacial score (nSPS) is 13.8. The molecule has 1 amide bonds. The van der Waals surface area contributed by atoms with Gasteiger partial charge in [0.05, 0.1) is 6.04 Å². The molecule has 5 nitrogen and oxygen atoms in total. The van der Waals surface area contributed by atoms with E-state index in [2.05, 4.69) is 42.0 Å². The van der Waals surface area contributed by atoms with Crippen molar-refractivity contribution < 1.29 is 4.79 Å². The van der Waals surface area contributed by atoms with Crippen LogP contribution in [0.4, 0.5) is 0 Å². The molecule has 0 aromatic carbocycles. The standard InChI is InChI=1S/C6H12N2O.C6H15N.3C2H6.CH5N/c1-7-6(9)5-3-2-4-8-5;1-4-7(5-2)6-3;4*1-2/h5,8H,2-4H2,1H3,(H,7,9);4-6H2,1-3H3;3*1-2H3;2H2,1H3. The third-order valence-electron chi connectivity index (χ3n) is 2.96. The molecule has 1 aliphatic rings. The SMILES string of the molecule is CC.CC.CC.CCN(CC)CC.CN.CNC(=O)C1CCCN1. The van der Waals surface area contributed by atoms with Gasteiger partial charge in [0.25, 0.3) is 0 Å². The lowest BCUT2D eigenvalue weighted by Gasteiger charge is -2.13. The molecule has 1 rings (SSSR count). The predicted octanol–water partition coefficient (Wildman–Crippen LogP) is 3.49. The lowest BCUT2D eigenvalue weighted by atomic mass is 10.2. The molecular formula is C19H50N4O. The van der Waals surface area contributed by atoms with Crippen LogP contribution in [-0.4, -0.2) is 57.1 Å². The molecule has 4 N–H and O–H groups in total. The summed E-state index contributed by atoms with van der Waals surface area (Å²) < 4.78 is 0. The van der Waals surface area contributed by atoms with Crippen molar-refractivity contribution >= 4 is 5.91 Å². The molecule has 152 valence electrons. The molecule has 1 fully saturated rings. The van der Waals surface area contributed by atoms with Crippen LogP contribution in [-0.2, 0) is 4.79 Å². The van der Waals surface area contributed by atoms with Gasteiger partial charge in [0.1, 0.15) is 0 Å². The van der Waals surface area contributed by atoms with Gasteiger partial charge in [-0.15, -0.1) is 0 Å². The summed E-state index contributed by atoms with van der Waals surface area (Å²) in [6.45, 7) is 23.1. The van der Waals surface area contributed by atoms with Crippen molar-refractivity contribution in [1.82, 2.24) is 15.5 Å². The fourth-order valence-corrected chi connectivity index (χ4v) is 1.75. The molecule has 0 aromatic rings. The minimum absolute atomic E-state index is 0.0787. The number of rotatable bonds is 4. The average molecular weight is 351 g/mol. The van der Waals surface area contributed by atoms with Gasteiger partial charge in [-0.3, -0.25) is 4.79 Å². The molecule has 1 aliphatic heterocycles. The van der Waals surface area contributed by atoms with Gasteiger partial charge in [-0.1, -0.05) is 62.3 Å². The Hall–Kier alpha value is -0.650. The zero-order valence-electron chi connectivity index (χ0n) is 18.8. The summed E-state index contributed by atoms with van der Waals surface area (Å²) in [5, 5.41) is 5.70. The highest BCUT2D eigenvalue weighted by molar-refractivity contribution is 5.81. The number of hydrogen-bond donors (Lipinski definition) is 3. The Labute approximate surface area is 154 Å². The fraction of sp³-hybridized carbons (Fsp3) is 0.947. The molecular weight excluding hydrogens is 300 g/mol. The molecule has 0 bridgehead atoms. The van der Waals surface area contributed by atoms with E-state index in [1.807, 2.05) is 41.5 Å². The molecule has 0 radical (unpaired) electrons. The van der Waals surface area contributed by atoms with Crippen LogP contribution in [0.15, 0.2) is 0 Å². The number of amides is 1. The van der Waals surface area contributed by atoms with E-state index in [1.54, 1.807) is 7.05 Å². The van der Waals surface area contributed by atoms with Gasteiger partial charge in [0, 0.05) is 7.05 Å². The molecule has 1 saturated heterocycles. The third-order valence-corrected chi connectivity index (χ3v) is 2.96. The Kier molecular flexibility index (Phi) is 55.0. The molecule has 1 atom stereocenters. The first-order chi connectivity index (χ1) is 11.7. The number of hydrogen-bond acceptors (Lipinski definition) is 4. The van der Waals surface area contributed by atoms with Crippen LogP contribution in [0, 0.1) is 0 Å². The van der Waals surface area contributed by atoms with E-state index < -0.39 is 0 Å². The van der Waals surface area contributed by atoms with Crippen molar-refractivity contribution in [3.05, 3.63) is 0 Å². The van der Waals surface area contributed by atoms with E-state index in [4.69, 9.17) is 0 Å². The molecule has 0 saturated carbocycles. The lowest BCUT2D eigenvalue weighted by Crippen LogP contribution is -2.38. The van der Waals surface area contributed by atoms with Crippen molar-refractivity contribution in [3.63, 3.8) is 0 Å². The minimum Gasteiger partial charge on any atom is -0.358 e. The van der Waals surface area contributed by atoms with Crippen LogP contribution < -0.4 is 16.4 Å². The summed E-state index contributed by atoms with van der Waals surface area (Å²) in [6, 6.07) is 0.0787. The number of nitrogens with one attached hydrogen (secondary N) is 2. The summed E-state index contributed by atoms with van der Waals surface area (Å²) in [5.41, 5.74) is 4.50. The first-order valence-electron chi connectivity index (χ1n) is 9.94. The van der Waals surface area contributed by atoms with E-state index in [1.165, 1.54) is 26.7 Å². The Morgan fingerprint density at radius 3 is 1.54 bits per heavy atom. The van der Waals surface area contributed by atoms with Crippen LogP contribution in [0.25, 0.3) is 0 Å². The van der Waals surface area contributed by atoms with Crippen LogP contribution >= 0.6 is 0 Å². The molecule has 1 unspecified atom stereocenters. The van der Waals surface area contributed by atoms with Gasteiger partial charge in [-0.2, -0.15) is 0 Å². The van der Waals surface area contributed by atoms with E-state index in [0.29, 0.717) is 0 Å². The Bertz CT molecular complexity index is 175. The van der Waals surface area contributed by atoms with Gasteiger partial charge in [0.15, 0.2) is 0 Å². The maximum Gasteiger partial charge on any atom is 0.236 e. The van der Waals surface area contributed by atoms with Gasteiger partial charge in [-0.05, 0) is 46.1 Å². The highest BCUT2D eigenvalue weighted by atomic mass is 16.2. The van der Waals surface area contributed by atoms with Gasteiger partial charge < -0.3 is 21.3 Å².